The van der Waals surface area contributed by atoms with Gasteiger partial charge in [0.1, 0.15) is 0 Å². The smallest absolute Gasteiger partial charge is 0.283 e. The van der Waals surface area contributed by atoms with Crippen LogP contribution in [0.15, 0.2) is 47.4 Å². The molecule has 0 atom stereocenters. The van der Waals surface area contributed by atoms with E-state index in [0.29, 0.717) is 15.8 Å². The van der Waals surface area contributed by atoms with E-state index in [1.54, 1.807) is 30.3 Å². The summed E-state index contributed by atoms with van der Waals surface area (Å²) in [7, 11) is -3.32. The van der Waals surface area contributed by atoms with E-state index >= 15 is 0 Å². The van der Waals surface area contributed by atoms with Crippen molar-refractivity contribution in [3.8, 4) is 0 Å². The maximum Gasteiger partial charge on any atom is 0.327 e. The number of hydrogen-bond acceptors (Lipinski definition) is 6. The number of halogens is 1. The quantitative estimate of drug-likeness (QED) is 0.537. The van der Waals surface area contributed by atoms with Crippen molar-refractivity contribution < 1.29 is 18.0 Å². The molecule has 0 radical (unpaired) electrons. The van der Waals surface area contributed by atoms with Gasteiger partial charge in [0, 0.05) is 9.83 Å². The number of imide groups is 1. The first kappa shape index (κ1) is 18.7. The van der Waals surface area contributed by atoms with E-state index in [1.807, 2.05) is 22.6 Å². The zero-order chi connectivity index (χ0) is 18.9. The molecule has 0 unspecified atom stereocenters. The Hall–Kier alpha value is -2.05. The van der Waals surface area contributed by atoms with Crippen molar-refractivity contribution in [3.63, 3.8) is 0 Å². The van der Waals surface area contributed by atoms with Crippen LogP contribution in [0.1, 0.15) is 10.4 Å². The standard InChI is InChI=1S/C16H12IN3O4S2/c1-26(23,24)9-6-7-12-13(8-9)25-16(18-12)20-15(22)19-14(21)10-4-2-3-5-11(10)17/h2-8H,1H3,(H2,18,19,20,21,22). The number of benzene rings is 2. The Morgan fingerprint density at radius 2 is 1.88 bits per heavy atom. The average Bonchev–Trinajstić information content (AvgIpc) is 2.95. The number of aromatic nitrogens is 1. The van der Waals surface area contributed by atoms with Crippen molar-refractivity contribution in [2.45, 2.75) is 4.90 Å². The summed E-state index contributed by atoms with van der Waals surface area (Å²) in [4.78, 5) is 28.6. The molecule has 3 rings (SSSR count). The number of amides is 3. The number of carbonyl (C=O) groups is 2. The van der Waals surface area contributed by atoms with E-state index in [4.69, 9.17) is 0 Å². The zero-order valence-electron chi connectivity index (χ0n) is 13.3. The van der Waals surface area contributed by atoms with Gasteiger partial charge >= 0.3 is 6.03 Å². The van der Waals surface area contributed by atoms with Crippen LogP contribution in [0.5, 0.6) is 0 Å². The summed E-state index contributed by atoms with van der Waals surface area (Å²) in [6, 6.07) is 10.7. The normalized spacial score (nSPS) is 11.3. The number of nitrogens with zero attached hydrogens (tertiary/aromatic N) is 1. The van der Waals surface area contributed by atoms with Crippen LogP contribution in [0, 0.1) is 3.57 Å². The lowest BCUT2D eigenvalue weighted by Gasteiger charge is -2.05. The van der Waals surface area contributed by atoms with Gasteiger partial charge in [0.05, 0.1) is 20.7 Å². The van der Waals surface area contributed by atoms with Crippen LogP contribution in [-0.4, -0.2) is 31.6 Å². The number of sulfone groups is 1. The Kier molecular flexibility index (Phi) is 5.25. The molecule has 0 bridgehead atoms. The minimum absolute atomic E-state index is 0.179. The molecule has 134 valence electrons. The van der Waals surface area contributed by atoms with E-state index in [0.717, 1.165) is 21.2 Å². The minimum Gasteiger partial charge on any atom is -0.283 e. The van der Waals surface area contributed by atoms with Gasteiger partial charge in [-0.25, -0.2) is 18.2 Å². The first-order valence-corrected chi connectivity index (χ1v) is 11.0. The third-order valence-corrected chi connectivity index (χ3v) is 6.34. The summed E-state index contributed by atoms with van der Waals surface area (Å²) in [5.74, 6) is -0.520. The molecule has 0 aliphatic heterocycles. The molecular weight excluding hydrogens is 489 g/mol. The third-order valence-electron chi connectivity index (χ3n) is 3.35. The van der Waals surface area contributed by atoms with Gasteiger partial charge in [0.25, 0.3) is 5.91 Å². The average molecular weight is 501 g/mol. The summed E-state index contributed by atoms with van der Waals surface area (Å²) < 4.78 is 24.6. The van der Waals surface area contributed by atoms with Gasteiger partial charge in [-0.1, -0.05) is 23.5 Å². The SMILES string of the molecule is CS(=O)(=O)c1ccc2nc(NC(=O)NC(=O)c3ccccc3I)sc2c1. The fourth-order valence-electron chi connectivity index (χ4n) is 2.13. The molecule has 0 saturated heterocycles. The van der Waals surface area contributed by atoms with Gasteiger partial charge in [0.15, 0.2) is 15.0 Å². The minimum atomic E-state index is -3.32. The molecule has 2 N–H and O–H groups in total. The molecule has 0 aliphatic rings. The highest BCUT2D eigenvalue weighted by Crippen LogP contribution is 2.28. The second-order valence-electron chi connectivity index (χ2n) is 5.31. The fourth-order valence-corrected chi connectivity index (χ4v) is 4.39. The third kappa shape index (κ3) is 4.19. The molecule has 3 aromatic rings. The van der Waals surface area contributed by atoms with Crippen LogP contribution < -0.4 is 10.6 Å². The monoisotopic (exact) mass is 501 g/mol. The Balaban J connectivity index is 1.75. The van der Waals surface area contributed by atoms with Crippen molar-refractivity contribution in [2.24, 2.45) is 0 Å². The Morgan fingerprint density at radius 1 is 1.15 bits per heavy atom. The van der Waals surface area contributed by atoms with Gasteiger partial charge in [-0.2, -0.15) is 0 Å². The van der Waals surface area contributed by atoms with Gasteiger partial charge in [-0.05, 0) is 52.9 Å². The molecule has 7 nitrogen and oxygen atoms in total. The summed E-state index contributed by atoms with van der Waals surface area (Å²) >= 11 is 3.13. The lowest BCUT2D eigenvalue weighted by Crippen LogP contribution is -2.34. The molecule has 3 amide bonds. The highest BCUT2D eigenvalue weighted by atomic mass is 127. The number of fused-ring (bicyclic) bond motifs is 1. The van der Waals surface area contributed by atoms with E-state index in [-0.39, 0.29) is 10.0 Å². The lowest BCUT2D eigenvalue weighted by atomic mass is 10.2. The number of anilines is 1. The number of hydrogen-bond donors (Lipinski definition) is 2. The van der Waals surface area contributed by atoms with E-state index in [2.05, 4.69) is 15.6 Å². The molecule has 0 spiro atoms. The van der Waals surface area contributed by atoms with Crippen molar-refractivity contribution in [3.05, 3.63) is 51.6 Å². The molecule has 0 aliphatic carbocycles. The van der Waals surface area contributed by atoms with Gasteiger partial charge in [-0.15, -0.1) is 0 Å². The van der Waals surface area contributed by atoms with Crippen molar-refractivity contribution >= 4 is 71.1 Å². The Morgan fingerprint density at radius 3 is 2.58 bits per heavy atom. The number of urea groups is 1. The number of rotatable bonds is 3. The van der Waals surface area contributed by atoms with Crippen LogP contribution >= 0.6 is 33.9 Å². The molecule has 2 aromatic carbocycles. The van der Waals surface area contributed by atoms with Gasteiger partial charge in [-0.3, -0.25) is 15.4 Å². The summed E-state index contributed by atoms with van der Waals surface area (Å²) in [5, 5.41) is 5.00. The molecular formula is C16H12IN3O4S2. The first-order valence-electron chi connectivity index (χ1n) is 7.21. The zero-order valence-corrected chi connectivity index (χ0v) is 17.1. The number of thiazole rings is 1. The molecule has 0 fully saturated rings. The first-order chi connectivity index (χ1) is 12.2. The van der Waals surface area contributed by atoms with Crippen molar-refractivity contribution in [1.82, 2.24) is 10.3 Å². The largest absolute Gasteiger partial charge is 0.327 e. The number of carbonyl (C=O) groups excluding carboxylic acids is 2. The van der Waals surface area contributed by atoms with E-state index < -0.39 is 21.8 Å². The lowest BCUT2D eigenvalue weighted by molar-refractivity contribution is 0.0966. The molecule has 1 aromatic heterocycles. The maximum absolute atomic E-state index is 12.1. The highest BCUT2D eigenvalue weighted by molar-refractivity contribution is 14.1. The van der Waals surface area contributed by atoms with Gasteiger partial charge < -0.3 is 0 Å². The summed E-state index contributed by atoms with van der Waals surface area (Å²) in [5.41, 5.74) is 0.951. The van der Waals surface area contributed by atoms with Gasteiger partial charge in [0.2, 0.25) is 0 Å². The topological polar surface area (TPSA) is 105 Å². The second kappa shape index (κ2) is 7.29. The predicted molar refractivity (Wildman–Crippen MR) is 108 cm³/mol. The summed E-state index contributed by atoms with van der Waals surface area (Å²) in [6.45, 7) is 0. The second-order valence-corrected chi connectivity index (χ2v) is 9.52. The molecule has 26 heavy (non-hydrogen) atoms. The van der Waals surface area contributed by atoms with Crippen LogP contribution in [0.2, 0.25) is 0 Å². The number of nitrogens with one attached hydrogen (secondary N) is 2. The predicted octanol–water partition coefficient (Wildman–Crippen LogP) is 3.27. The van der Waals surface area contributed by atoms with E-state index in [1.165, 1.54) is 12.1 Å². The Labute approximate surface area is 166 Å². The van der Waals surface area contributed by atoms with Crippen molar-refractivity contribution in [2.75, 3.05) is 11.6 Å². The molecule has 1 heterocycles. The van der Waals surface area contributed by atoms with Crippen molar-refractivity contribution in [1.29, 1.82) is 0 Å². The van der Waals surface area contributed by atoms with E-state index in [9.17, 15) is 18.0 Å². The van der Waals surface area contributed by atoms with Crippen LogP contribution in [0.3, 0.4) is 0 Å². The van der Waals surface area contributed by atoms with Crippen LogP contribution in [-0.2, 0) is 9.84 Å². The fraction of sp³-hybridized carbons (Fsp3) is 0.0625. The molecule has 0 saturated carbocycles. The maximum atomic E-state index is 12.1. The van der Waals surface area contributed by atoms with Crippen LogP contribution in [0.25, 0.3) is 10.2 Å². The Bertz CT molecular complexity index is 1130. The molecule has 10 heteroatoms. The summed E-state index contributed by atoms with van der Waals surface area (Å²) in [6.07, 6.45) is 1.12. The highest BCUT2D eigenvalue weighted by Gasteiger charge is 2.15. The van der Waals surface area contributed by atoms with Crippen LogP contribution in [0.4, 0.5) is 9.93 Å².